The topological polar surface area (TPSA) is 37.4 Å². The van der Waals surface area contributed by atoms with E-state index >= 15 is 0 Å². The van der Waals surface area contributed by atoms with E-state index in [9.17, 15) is 9.59 Å². The molecule has 4 bridgehead atoms. The Morgan fingerprint density at radius 3 is 2.63 bits per heavy atom. The highest BCUT2D eigenvalue weighted by Gasteiger charge is 2.53. The van der Waals surface area contributed by atoms with Crippen molar-refractivity contribution in [2.75, 3.05) is 0 Å². The quantitative estimate of drug-likeness (QED) is 0.772. The van der Waals surface area contributed by atoms with Gasteiger partial charge in [0.05, 0.1) is 6.04 Å². The minimum absolute atomic E-state index is 0.0442. The van der Waals surface area contributed by atoms with Crippen LogP contribution in [-0.4, -0.2) is 28.7 Å². The van der Waals surface area contributed by atoms with Crippen LogP contribution in [0, 0.1) is 11.8 Å². The second kappa shape index (κ2) is 3.92. The van der Waals surface area contributed by atoms with Gasteiger partial charge in [0, 0.05) is 17.5 Å². The van der Waals surface area contributed by atoms with Crippen molar-refractivity contribution in [1.29, 1.82) is 0 Å². The van der Waals surface area contributed by atoms with Crippen molar-refractivity contribution in [3.63, 3.8) is 0 Å². The number of hydrogen-bond donors (Lipinski definition) is 0. The van der Waals surface area contributed by atoms with Crippen LogP contribution in [-0.2, 0) is 4.79 Å². The number of carbonyl (C=O) groups excluding carboxylic acids is 2. The lowest BCUT2D eigenvalue weighted by Gasteiger charge is -2.55. The van der Waals surface area contributed by atoms with Crippen LogP contribution in [0.5, 0.6) is 0 Å². The summed E-state index contributed by atoms with van der Waals surface area (Å²) in [4.78, 5) is 26.9. The maximum absolute atomic E-state index is 12.7. The first-order chi connectivity index (χ1) is 9.24. The third kappa shape index (κ3) is 1.57. The van der Waals surface area contributed by atoms with E-state index in [1.807, 2.05) is 35.2 Å². The fraction of sp³-hybridized carbons (Fsp3) is 0.500. The third-order valence-corrected chi connectivity index (χ3v) is 5.05. The maximum Gasteiger partial charge on any atom is 0.254 e. The number of benzene rings is 1. The zero-order chi connectivity index (χ0) is 13.0. The Morgan fingerprint density at radius 1 is 1.05 bits per heavy atom. The number of amides is 1. The summed E-state index contributed by atoms with van der Waals surface area (Å²) in [6.07, 6.45) is 3.95. The van der Waals surface area contributed by atoms with E-state index in [0.717, 1.165) is 25.7 Å². The highest BCUT2D eigenvalue weighted by molar-refractivity contribution is 6.00. The summed E-state index contributed by atoms with van der Waals surface area (Å²) in [5.41, 5.74) is 0.711. The molecule has 1 aromatic rings. The fourth-order valence-corrected chi connectivity index (χ4v) is 4.30. The van der Waals surface area contributed by atoms with Gasteiger partial charge in [0.1, 0.15) is 0 Å². The first-order valence-electron chi connectivity index (χ1n) is 7.15. The van der Waals surface area contributed by atoms with Crippen LogP contribution in [0.3, 0.4) is 0 Å². The second-order valence-corrected chi connectivity index (χ2v) is 6.16. The smallest absolute Gasteiger partial charge is 0.254 e. The molecule has 5 rings (SSSR count). The highest BCUT2D eigenvalue weighted by Crippen LogP contribution is 2.47. The van der Waals surface area contributed by atoms with E-state index in [1.165, 1.54) is 0 Å². The van der Waals surface area contributed by atoms with Crippen LogP contribution in [0.1, 0.15) is 36.0 Å². The predicted octanol–water partition coefficient (Wildman–Crippen LogP) is 2.27. The molecule has 3 heteroatoms. The van der Waals surface area contributed by atoms with Gasteiger partial charge >= 0.3 is 0 Å². The fourth-order valence-electron chi connectivity index (χ4n) is 4.30. The van der Waals surface area contributed by atoms with Gasteiger partial charge in [-0.15, -0.1) is 0 Å². The summed E-state index contributed by atoms with van der Waals surface area (Å²) >= 11 is 0. The highest BCUT2D eigenvalue weighted by atomic mass is 16.2. The molecule has 2 aliphatic heterocycles. The second-order valence-electron chi connectivity index (χ2n) is 6.16. The Morgan fingerprint density at radius 2 is 1.84 bits per heavy atom. The average Bonchev–Trinajstić information content (AvgIpc) is 2.44. The van der Waals surface area contributed by atoms with E-state index in [2.05, 4.69) is 0 Å². The number of Topliss-reactive ketones (excluding diaryl/α,β-unsaturated/α-hetero) is 1. The van der Waals surface area contributed by atoms with Crippen molar-refractivity contribution in [2.45, 2.75) is 37.8 Å². The molecule has 2 saturated carbocycles. The Hall–Kier alpha value is -1.64. The van der Waals surface area contributed by atoms with Crippen molar-refractivity contribution in [2.24, 2.45) is 11.8 Å². The summed E-state index contributed by atoms with van der Waals surface area (Å²) in [6.45, 7) is 0. The van der Waals surface area contributed by atoms with E-state index < -0.39 is 0 Å². The van der Waals surface area contributed by atoms with E-state index in [-0.39, 0.29) is 17.9 Å². The SMILES string of the molecule is O=C1C2CC3C[C@H](C2)N(C(=O)c2ccccc2)[C@H]1C3. The Labute approximate surface area is 112 Å². The monoisotopic (exact) mass is 255 g/mol. The van der Waals surface area contributed by atoms with Gasteiger partial charge < -0.3 is 4.90 Å². The van der Waals surface area contributed by atoms with Gasteiger partial charge in [-0.05, 0) is 43.7 Å². The van der Waals surface area contributed by atoms with Gasteiger partial charge in [-0.3, -0.25) is 9.59 Å². The molecule has 0 aromatic heterocycles. The van der Waals surface area contributed by atoms with Crippen molar-refractivity contribution in [1.82, 2.24) is 4.90 Å². The number of ketones is 1. The lowest BCUT2D eigenvalue weighted by molar-refractivity contribution is -0.144. The molecule has 2 unspecified atom stereocenters. The first kappa shape index (κ1) is 11.2. The van der Waals surface area contributed by atoms with Gasteiger partial charge in [-0.1, -0.05) is 18.2 Å². The summed E-state index contributed by atoms with van der Waals surface area (Å²) in [5, 5.41) is 0. The van der Waals surface area contributed by atoms with Crippen LogP contribution in [0.25, 0.3) is 0 Å². The molecule has 4 atom stereocenters. The number of nitrogens with zero attached hydrogens (tertiary/aromatic N) is 1. The van der Waals surface area contributed by atoms with Gasteiger partial charge in [-0.2, -0.15) is 0 Å². The van der Waals surface area contributed by atoms with Gasteiger partial charge in [0.15, 0.2) is 5.78 Å². The number of carbonyl (C=O) groups is 2. The third-order valence-electron chi connectivity index (χ3n) is 5.05. The predicted molar refractivity (Wildman–Crippen MR) is 70.6 cm³/mol. The Kier molecular flexibility index (Phi) is 2.32. The minimum atomic E-state index is -0.135. The normalized spacial score (nSPS) is 35.8. The van der Waals surface area contributed by atoms with E-state index in [1.54, 1.807) is 0 Å². The molecule has 19 heavy (non-hydrogen) atoms. The molecular formula is C16H17NO2. The van der Waals surface area contributed by atoms with Crippen LogP contribution in [0.15, 0.2) is 30.3 Å². The molecule has 2 aliphatic carbocycles. The number of piperidine rings is 2. The summed E-state index contributed by atoms with van der Waals surface area (Å²) in [5.74, 6) is 1.27. The number of hydrogen-bond acceptors (Lipinski definition) is 2. The Balaban J connectivity index is 1.68. The van der Waals surface area contributed by atoms with Crippen LogP contribution < -0.4 is 0 Å². The first-order valence-corrected chi connectivity index (χ1v) is 7.15. The standard InChI is InChI=1S/C16H17NO2/c18-15-12-6-10-7-13(9-12)17(14(15)8-10)16(19)11-4-2-1-3-5-11/h1-5,10,12-14H,6-9H2/t10?,12?,13-,14+/m1/s1. The van der Waals surface area contributed by atoms with Crippen LogP contribution >= 0.6 is 0 Å². The van der Waals surface area contributed by atoms with Crippen molar-refractivity contribution >= 4 is 11.7 Å². The molecular weight excluding hydrogens is 238 g/mol. The molecule has 98 valence electrons. The minimum Gasteiger partial charge on any atom is -0.326 e. The molecule has 1 aromatic carbocycles. The average molecular weight is 255 g/mol. The van der Waals surface area contributed by atoms with Gasteiger partial charge in [-0.25, -0.2) is 0 Å². The van der Waals surface area contributed by atoms with Crippen molar-refractivity contribution in [3.05, 3.63) is 35.9 Å². The molecule has 2 saturated heterocycles. The van der Waals surface area contributed by atoms with Crippen molar-refractivity contribution < 1.29 is 9.59 Å². The molecule has 4 fully saturated rings. The van der Waals surface area contributed by atoms with Crippen LogP contribution in [0.2, 0.25) is 0 Å². The lowest BCUT2D eigenvalue weighted by atomic mass is 9.63. The zero-order valence-electron chi connectivity index (χ0n) is 10.8. The van der Waals surface area contributed by atoms with Gasteiger partial charge in [0.2, 0.25) is 0 Å². The zero-order valence-corrected chi connectivity index (χ0v) is 10.8. The largest absolute Gasteiger partial charge is 0.326 e. The van der Waals surface area contributed by atoms with Crippen molar-refractivity contribution in [3.8, 4) is 0 Å². The van der Waals surface area contributed by atoms with Crippen LogP contribution in [0.4, 0.5) is 0 Å². The van der Waals surface area contributed by atoms with E-state index in [0.29, 0.717) is 23.3 Å². The van der Waals surface area contributed by atoms with E-state index in [4.69, 9.17) is 0 Å². The molecule has 1 amide bonds. The molecule has 2 heterocycles. The molecule has 0 spiro atoms. The molecule has 4 aliphatic rings. The molecule has 0 radical (unpaired) electrons. The lowest BCUT2D eigenvalue weighted by Crippen LogP contribution is -2.64. The molecule has 0 N–H and O–H groups in total. The maximum atomic E-state index is 12.7. The summed E-state index contributed by atoms with van der Waals surface area (Å²) < 4.78 is 0. The summed E-state index contributed by atoms with van der Waals surface area (Å²) in [6, 6.07) is 9.53. The Bertz CT molecular complexity index is 539. The number of rotatable bonds is 1. The molecule has 3 nitrogen and oxygen atoms in total. The summed E-state index contributed by atoms with van der Waals surface area (Å²) in [7, 11) is 0. The van der Waals surface area contributed by atoms with Gasteiger partial charge in [0.25, 0.3) is 5.91 Å².